The third-order valence-electron chi connectivity index (χ3n) is 4.83. The Morgan fingerprint density at radius 1 is 1.13 bits per heavy atom. The van der Waals surface area contributed by atoms with Crippen LogP contribution in [0.15, 0.2) is 21.8 Å². The van der Waals surface area contributed by atoms with Crippen LogP contribution < -0.4 is 14.2 Å². The lowest BCUT2D eigenvalue weighted by Crippen LogP contribution is -2.40. The lowest BCUT2D eigenvalue weighted by Gasteiger charge is -2.28. The number of nitrogens with zero attached hydrogens (tertiary/aromatic N) is 3. The quantitative estimate of drug-likeness (QED) is 0.455. The number of hydrogen-bond acceptors (Lipinski definition) is 8. The van der Waals surface area contributed by atoms with Gasteiger partial charge >= 0.3 is 0 Å². The number of rotatable bonds is 12. The molecule has 0 spiro atoms. The van der Waals surface area contributed by atoms with Crippen molar-refractivity contribution in [3.05, 3.63) is 12.1 Å². The number of unbranched alkanes of at least 4 members (excludes halogenated alkanes) is 1. The van der Waals surface area contributed by atoms with E-state index in [0.717, 1.165) is 25.8 Å². The minimum Gasteiger partial charge on any atom is -0.493 e. The van der Waals surface area contributed by atoms with Crippen LogP contribution in [0, 0.1) is 0 Å². The van der Waals surface area contributed by atoms with E-state index in [2.05, 4.69) is 31.0 Å². The van der Waals surface area contributed by atoms with Gasteiger partial charge in [0.15, 0.2) is 11.5 Å². The Morgan fingerprint density at radius 2 is 1.80 bits per heavy atom. The van der Waals surface area contributed by atoms with Crippen molar-refractivity contribution in [1.82, 2.24) is 15.1 Å². The van der Waals surface area contributed by atoms with Gasteiger partial charge in [-0.05, 0) is 31.9 Å². The number of benzene rings is 1. The third kappa shape index (κ3) is 5.81. The van der Waals surface area contributed by atoms with Crippen molar-refractivity contribution < 1.29 is 23.4 Å². The first-order chi connectivity index (χ1) is 14.5. The van der Waals surface area contributed by atoms with Crippen molar-refractivity contribution in [3.63, 3.8) is 0 Å². The van der Waals surface area contributed by atoms with Crippen molar-refractivity contribution in [2.45, 2.75) is 51.3 Å². The zero-order valence-corrected chi connectivity index (χ0v) is 19.4. The lowest BCUT2D eigenvalue weighted by atomic mass is 10.2. The van der Waals surface area contributed by atoms with Crippen LogP contribution in [0.5, 0.6) is 17.2 Å². The van der Waals surface area contributed by atoms with E-state index in [1.165, 1.54) is 11.8 Å². The Kier molecular flexibility index (Phi) is 9.29. The minimum atomic E-state index is 0.0790. The van der Waals surface area contributed by atoms with Crippen LogP contribution >= 0.6 is 11.8 Å². The van der Waals surface area contributed by atoms with Gasteiger partial charge in [-0.25, -0.2) is 0 Å². The van der Waals surface area contributed by atoms with E-state index in [1.807, 2.05) is 4.90 Å². The smallest absolute Gasteiger partial charge is 0.277 e. The second kappa shape index (κ2) is 11.7. The first-order valence-corrected chi connectivity index (χ1v) is 11.0. The first kappa shape index (κ1) is 23.9. The Labute approximate surface area is 182 Å². The molecule has 1 unspecified atom stereocenters. The standard InChI is InChI=1S/C21H31N3O5S/c1-7-9-10-24(14(3)8-2)18(25)13-30-21-23-22-20(29-21)15-11-16(26-4)19(28-6)17(12-15)27-5/h11-12,14H,7-10,13H2,1-6H3. The molecule has 166 valence electrons. The van der Waals surface area contributed by atoms with E-state index in [1.54, 1.807) is 33.5 Å². The highest BCUT2D eigenvalue weighted by molar-refractivity contribution is 7.99. The fraction of sp³-hybridized carbons (Fsp3) is 0.571. The molecule has 0 aliphatic heterocycles. The van der Waals surface area contributed by atoms with Gasteiger partial charge in [0.1, 0.15) is 0 Å². The average Bonchev–Trinajstić information content (AvgIpc) is 3.25. The molecule has 0 radical (unpaired) electrons. The molecule has 8 nitrogen and oxygen atoms in total. The molecule has 1 aromatic carbocycles. The number of amides is 1. The maximum atomic E-state index is 12.7. The zero-order chi connectivity index (χ0) is 22.1. The van der Waals surface area contributed by atoms with E-state index in [4.69, 9.17) is 18.6 Å². The number of carbonyl (C=O) groups excluding carboxylic acids is 1. The molecule has 1 atom stereocenters. The summed E-state index contributed by atoms with van der Waals surface area (Å²) in [7, 11) is 4.63. The van der Waals surface area contributed by atoms with E-state index in [0.29, 0.717) is 33.9 Å². The van der Waals surface area contributed by atoms with Gasteiger partial charge in [0.05, 0.1) is 27.1 Å². The molecular formula is C21H31N3O5S. The molecule has 2 aromatic rings. The summed E-state index contributed by atoms with van der Waals surface area (Å²) >= 11 is 1.24. The predicted molar refractivity (Wildman–Crippen MR) is 116 cm³/mol. The summed E-state index contributed by atoms with van der Waals surface area (Å²) in [4.78, 5) is 14.6. The summed E-state index contributed by atoms with van der Waals surface area (Å²) in [6, 6.07) is 3.69. The highest BCUT2D eigenvalue weighted by Gasteiger charge is 2.21. The fourth-order valence-corrected chi connectivity index (χ4v) is 3.58. The predicted octanol–water partition coefficient (Wildman–Crippen LogP) is 4.28. The summed E-state index contributed by atoms with van der Waals surface area (Å²) in [5, 5.41) is 8.51. The lowest BCUT2D eigenvalue weighted by molar-refractivity contribution is -0.130. The molecule has 0 bridgehead atoms. The molecule has 0 fully saturated rings. The van der Waals surface area contributed by atoms with Crippen molar-refractivity contribution in [2.24, 2.45) is 0 Å². The molecule has 0 saturated carbocycles. The molecule has 1 amide bonds. The summed E-state index contributed by atoms with van der Waals surface area (Å²) in [5.74, 6) is 2.12. The van der Waals surface area contributed by atoms with Crippen LogP contribution in [0.3, 0.4) is 0 Å². The van der Waals surface area contributed by atoms with E-state index in [9.17, 15) is 4.79 Å². The Balaban J connectivity index is 2.12. The third-order valence-corrected chi connectivity index (χ3v) is 5.64. The van der Waals surface area contributed by atoms with E-state index in [-0.39, 0.29) is 17.7 Å². The number of carbonyl (C=O) groups is 1. The average molecular weight is 438 g/mol. The number of thioether (sulfide) groups is 1. The van der Waals surface area contributed by atoms with Gasteiger partial charge in [-0.1, -0.05) is 32.0 Å². The number of hydrogen-bond donors (Lipinski definition) is 0. The SMILES string of the molecule is CCCCN(C(=O)CSc1nnc(-c2cc(OC)c(OC)c(OC)c2)o1)C(C)CC. The molecule has 0 aliphatic rings. The van der Waals surface area contributed by atoms with Crippen LogP contribution in [-0.4, -0.2) is 60.7 Å². The number of methoxy groups -OCH3 is 3. The van der Waals surface area contributed by atoms with Crippen LogP contribution in [0.25, 0.3) is 11.5 Å². The summed E-state index contributed by atoms with van der Waals surface area (Å²) in [6.07, 6.45) is 2.97. The Bertz CT molecular complexity index is 802. The van der Waals surface area contributed by atoms with Crippen molar-refractivity contribution in [3.8, 4) is 28.7 Å². The topological polar surface area (TPSA) is 86.9 Å². The van der Waals surface area contributed by atoms with Crippen LogP contribution in [0.4, 0.5) is 0 Å². The second-order valence-corrected chi connectivity index (χ2v) is 7.70. The van der Waals surface area contributed by atoms with Crippen LogP contribution in [0.1, 0.15) is 40.0 Å². The molecule has 0 aliphatic carbocycles. The fourth-order valence-electron chi connectivity index (χ4n) is 2.94. The maximum Gasteiger partial charge on any atom is 0.277 e. The van der Waals surface area contributed by atoms with E-state index >= 15 is 0 Å². The van der Waals surface area contributed by atoms with E-state index < -0.39 is 0 Å². The largest absolute Gasteiger partial charge is 0.493 e. The van der Waals surface area contributed by atoms with Gasteiger partial charge in [0, 0.05) is 18.2 Å². The molecule has 1 aromatic heterocycles. The Hall–Kier alpha value is -2.42. The van der Waals surface area contributed by atoms with Gasteiger partial charge in [-0.15, -0.1) is 10.2 Å². The van der Waals surface area contributed by atoms with Gasteiger partial charge < -0.3 is 23.5 Å². The molecule has 0 saturated heterocycles. The van der Waals surface area contributed by atoms with Crippen LogP contribution in [-0.2, 0) is 4.79 Å². The van der Waals surface area contributed by atoms with Gasteiger partial charge in [0.2, 0.25) is 17.5 Å². The van der Waals surface area contributed by atoms with Crippen molar-refractivity contribution in [2.75, 3.05) is 33.6 Å². The summed E-state index contributed by atoms with van der Waals surface area (Å²) in [6.45, 7) is 7.06. The van der Waals surface area contributed by atoms with Gasteiger partial charge in [-0.2, -0.15) is 0 Å². The normalized spacial score (nSPS) is 11.8. The van der Waals surface area contributed by atoms with Crippen LogP contribution in [0.2, 0.25) is 0 Å². The molecule has 1 heterocycles. The highest BCUT2D eigenvalue weighted by Crippen LogP contribution is 2.41. The molecule has 0 N–H and O–H groups in total. The minimum absolute atomic E-state index is 0.0790. The summed E-state index contributed by atoms with van der Waals surface area (Å²) in [5.41, 5.74) is 0.638. The number of aromatic nitrogens is 2. The van der Waals surface area contributed by atoms with Gasteiger partial charge in [-0.3, -0.25) is 4.79 Å². The first-order valence-electron chi connectivity index (χ1n) is 10.0. The molecule has 2 rings (SSSR count). The monoisotopic (exact) mass is 437 g/mol. The highest BCUT2D eigenvalue weighted by atomic mass is 32.2. The maximum absolute atomic E-state index is 12.7. The molecular weight excluding hydrogens is 406 g/mol. The second-order valence-electron chi connectivity index (χ2n) is 6.77. The van der Waals surface area contributed by atoms with Crippen molar-refractivity contribution >= 4 is 17.7 Å². The zero-order valence-electron chi connectivity index (χ0n) is 18.6. The summed E-state index contributed by atoms with van der Waals surface area (Å²) < 4.78 is 21.8. The van der Waals surface area contributed by atoms with Crippen molar-refractivity contribution in [1.29, 1.82) is 0 Å². The Morgan fingerprint density at radius 3 is 2.33 bits per heavy atom. The molecule has 9 heteroatoms. The van der Waals surface area contributed by atoms with Gasteiger partial charge in [0.25, 0.3) is 5.22 Å². The molecule has 30 heavy (non-hydrogen) atoms. The number of ether oxygens (including phenoxy) is 3.